The molecule has 0 aliphatic carbocycles. The summed E-state index contributed by atoms with van der Waals surface area (Å²) in [7, 11) is 0. The first-order valence-corrected chi connectivity index (χ1v) is 10.2. The number of ether oxygens (including phenoxy) is 1. The Balaban J connectivity index is 1.36. The van der Waals surface area contributed by atoms with Gasteiger partial charge in [-0.15, -0.1) is 0 Å². The number of hydrogen-bond donors (Lipinski definition) is 1. The first-order valence-electron chi connectivity index (χ1n) is 10.2. The molecule has 1 N–H and O–H groups in total. The summed E-state index contributed by atoms with van der Waals surface area (Å²) < 4.78 is 5.77. The van der Waals surface area contributed by atoms with Crippen molar-refractivity contribution >= 4 is 23.2 Å². The molecule has 0 spiro atoms. The molecule has 4 rings (SSSR count). The van der Waals surface area contributed by atoms with Crippen LogP contribution in [-0.2, 0) is 16.0 Å². The molecule has 152 valence electrons. The number of anilines is 2. The van der Waals surface area contributed by atoms with E-state index in [0.717, 1.165) is 17.9 Å². The molecular formula is C25H24N2O3. The van der Waals surface area contributed by atoms with Gasteiger partial charge in [-0.1, -0.05) is 37.3 Å². The maximum absolute atomic E-state index is 12.7. The topological polar surface area (TPSA) is 58.6 Å². The molecule has 5 nitrogen and oxygen atoms in total. The summed E-state index contributed by atoms with van der Waals surface area (Å²) in [6.45, 7) is 2.49. The fraction of sp³-hybridized carbons (Fsp3) is 0.200. The van der Waals surface area contributed by atoms with Crippen LogP contribution in [0.5, 0.6) is 11.5 Å². The fourth-order valence-electron chi connectivity index (χ4n) is 3.52. The monoisotopic (exact) mass is 400 g/mol. The van der Waals surface area contributed by atoms with E-state index in [4.69, 9.17) is 4.74 Å². The maximum atomic E-state index is 12.7. The second-order valence-corrected chi connectivity index (χ2v) is 7.35. The highest BCUT2D eigenvalue weighted by Gasteiger charge is 2.35. The molecule has 1 atom stereocenters. The Morgan fingerprint density at radius 3 is 2.30 bits per heavy atom. The third kappa shape index (κ3) is 4.51. The number of aryl methyl sites for hydroxylation is 1. The lowest BCUT2D eigenvalue weighted by Crippen LogP contribution is -2.28. The predicted molar refractivity (Wildman–Crippen MR) is 118 cm³/mol. The van der Waals surface area contributed by atoms with Crippen LogP contribution < -0.4 is 15.0 Å². The van der Waals surface area contributed by atoms with Crippen LogP contribution in [0.1, 0.15) is 18.9 Å². The molecule has 0 bridgehead atoms. The molecule has 0 saturated carbocycles. The zero-order valence-corrected chi connectivity index (χ0v) is 16.9. The minimum atomic E-state index is -0.372. The predicted octanol–water partition coefficient (Wildman–Crippen LogP) is 5.03. The molecule has 2 amide bonds. The van der Waals surface area contributed by atoms with E-state index in [9.17, 15) is 9.59 Å². The second kappa shape index (κ2) is 8.82. The molecule has 5 heteroatoms. The van der Waals surface area contributed by atoms with Crippen LogP contribution >= 0.6 is 0 Å². The van der Waals surface area contributed by atoms with Crippen LogP contribution in [0.15, 0.2) is 78.9 Å². The summed E-state index contributed by atoms with van der Waals surface area (Å²) in [5, 5.41) is 2.91. The van der Waals surface area contributed by atoms with E-state index in [-0.39, 0.29) is 24.2 Å². The second-order valence-electron chi connectivity index (χ2n) is 7.35. The molecule has 0 aromatic heterocycles. The third-order valence-electron chi connectivity index (χ3n) is 5.25. The van der Waals surface area contributed by atoms with Gasteiger partial charge >= 0.3 is 0 Å². The highest BCUT2D eigenvalue weighted by atomic mass is 16.5. The number of amides is 2. The number of hydrogen-bond acceptors (Lipinski definition) is 3. The lowest BCUT2D eigenvalue weighted by Gasteiger charge is -2.17. The zero-order chi connectivity index (χ0) is 20.9. The molecule has 30 heavy (non-hydrogen) atoms. The number of nitrogens with zero attached hydrogens (tertiary/aromatic N) is 1. The van der Waals surface area contributed by atoms with Crippen LogP contribution in [0.4, 0.5) is 11.4 Å². The normalized spacial score (nSPS) is 15.8. The van der Waals surface area contributed by atoms with E-state index in [1.165, 1.54) is 5.56 Å². The standard InChI is InChI=1S/C25H24N2O3/c1-2-18-8-12-21(13-9-18)27-17-19(16-24(27)28)25(29)26-20-10-14-23(15-11-20)30-22-6-4-3-5-7-22/h3-15,19H,2,16-17H2,1H3,(H,26,29)/t19-/m1/s1. The summed E-state index contributed by atoms with van der Waals surface area (Å²) in [4.78, 5) is 26.8. The van der Waals surface area contributed by atoms with Crippen molar-refractivity contribution in [1.29, 1.82) is 0 Å². The number of benzene rings is 3. The quantitative estimate of drug-likeness (QED) is 0.631. The first kappa shape index (κ1) is 19.7. The Morgan fingerprint density at radius 2 is 1.63 bits per heavy atom. The van der Waals surface area contributed by atoms with Gasteiger partial charge in [0.2, 0.25) is 11.8 Å². The average Bonchev–Trinajstić information content (AvgIpc) is 3.18. The Morgan fingerprint density at radius 1 is 0.967 bits per heavy atom. The van der Waals surface area contributed by atoms with Crippen molar-refractivity contribution in [1.82, 2.24) is 0 Å². The van der Waals surface area contributed by atoms with Crippen molar-refractivity contribution < 1.29 is 14.3 Å². The van der Waals surface area contributed by atoms with Crippen molar-refractivity contribution in [2.24, 2.45) is 5.92 Å². The van der Waals surface area contributed by atoms with Gasteiger partial charge < -0.3 is 15.0 Å². The van der Waals surface area contributed by atoms with Crippen molar-refractivity contribution in [3.63, 3.8) is 0 Å². The number of para-hydroxylation sites is 1. The Hall–Kier alpha value is -3.60. The van der Waals surface area contributed by atoms with E-state index < -0.39 is 0 Å². The fourth-order valence-corrected chi connectivity index (χ4v) is 3.52. The van der Waals surface area contributed by atoms with Gasteiger partial charge in [-0.05, 0) is 60.5 Å². The highest BCUT2D eigenvalue weighted by Crippen LogP contribution is 2.27. The van der Waals surface area contributed by atoms with Gasteiger partial charge in [0.05, 0.1) is 5.92 Å². The van der Waals surface area contributed by atoms with E-state index in [1.54, 1.807) is 17.0 Å². The highest BCUT2D eigenvalue weighted by molar-refractivity contribution is 6.03. The molecule has 1 saturated heterocycles. The van der Waals surface area contributed by atoms with Crippen molar-refractivity contribution in [3.05, 3.63) is 84.4 Å². The molecule has 1 aliphatic rings. The van der Waals surface area contributed by atoms with Crippen LogP contribution in [0.2, 0.25) is 0 Å². The number of carbonyl (C=O) groups is 2. The molecule has 1 heterocycles. The number of carbonyl (C=O) groups excluding carboxylic acids is 2. The van der Waals surface area contributed by atoms with Crippen LogP contribution in [0.3, 0.4) is 0 Å². The third-order valence-corrected chi connectivity index (χ3v) is 5.25. The van der Waals surface area contributed by atoms with Crippen molar-refractivity contribution in [2.75, 3.05) is 16.8 Å². The van der Waals surface area contributed by atoms with Gasteiger partial charge in [-0.25, -0.2) is 0 Å². The van der Waals surface area contributed by atoms with Crippen LogP contribution in [0.25, 0.3) is 0 Å². The summed E-state index contributed by atoms with van der Waals surface area (Å²) >= 11 is 0. The van der Waals surface area contributed by atoms with E-state index in [0.29, 0.717) is 18.0 Å². The summed E-state index contributed by atoms with van der Waals surface area (Å²) in [5.74, 6) is 0.908. The SMILES string of the molecule is CCc1ccc(N2C[C@H](C(=O)Nc3ccc(Oc4ccccc4)cc3)CC2=O)cc1. The first-order chi connectivity index (χ1) is 14.6. The van der Waals surface area contributed by atoms with Gasteiger partial charge in [0.15, 0.2) is 0 Å². The number of rotatable bonds is 6. The van der Waals surface area contributed by atoms with Gasteiger partial charge in [0.1, 0.15) is 11.5 Å². The summed E-state index contributed by atoms with van der Waals surface area (Å²) in [5.41, 5.74) is 2.74. The van der Waals surface area contributed by atoms with Gasteiger partial charge in [0.25, 0.3) is 0 Å². The van der Waals surface area contributed by atoms with E-state index in [1.807, 2.05) is 66.7 Å². The molecular weight excluding hydrogens is 376 g/mol. The Bertz CT molecular complexity index is 1010. The van der Waals surface area contributed by atoms with E-state index >= 15 is 0 Å². The molecule has 0 unspecified atom stereocenters. The van der Waals surface area contributed by atoms with Crippen LogP contribution in [0, 0.1) is 5.92 Å². The minimum Gasteiger partial charge on any atom is -0.457 e. The van der Waals surface area contributed by atoms with Crippen molar-refractivity contribution in [2.45, 2.75) is 19.8 Å². The lowest BCUT2D eigenvalue weighted by atomic mass is 10.1. The van der Waals surface area contributed by atoms with Gasteiger partial charge in [-0.2, -0.15) is 0 Å². The molecule has 3 aromatic rings. The summed E-state index contributed by atoms with van der Waals surface area (Å²) in [6.07, 6.45) is 1.17. The lowest BCUT2D eigenvalue weighted by molar-refractivity contribution is -0.122. The van der Waals surface area contributed by atoms with E-state index in [2.05, 4.69) is 12.2 Å². The van der Waals surface area contributed by atoms with Crippen LogP contribution in [-0.4, -0.2) is 18.4 Å². The zero-order valence-electron chi connectivity index (χ0n) is 16.9. The Labute approximate surface area is 176 Å². The minimum absolute atomic E-state index is 0.0222. The molecule has 0 radical (unpaired) electrons. The Kier molecular flexibility index (Phi) is 5.80. The largest absolute Gasteiger partial charge is 0.457 e. The van der Waals surface area contributed by atoms with Gasteiger partial charge in [0, 0.05) is 24.3 Å². The molecule has 1 aliphatic heterocycles. The van der Waals surface area contributed by atoms with Gasteiger partial charge in [-0.3, -0.25) is 9.59 Å². The molecule has 3 aromatic carbocycles. The van der Waals surface area contributed by atoms with Crippen molar-refractivity contribution in [3.8, 4) is 11.5 Å². The number of nitrogens with one attached hydrogen (secondary N) is 1. The molecule has 1 fully saturated rings. The maximum Gasteiger partial charge on any atom is 0.229 e. The average molecular weight is 400 g/mol. The smallest absolute Gasteiger partial charge is 0.229 e. The summed E-state index contributed by atoms with van der Waals surface area (Å²) in [6, 6.07) is 24.7.